The molecule has 0 spiro atoms. The highest BCUT2D eigenvalue weighted by Crippen LogP contribution is 2.33. The molecular weight excluding hydrogens is 497 g/mol. The van der Waals surface area contributed by atoms with Gasteiger partial charge < -0.3 is 29.2 Å². The average Bonchev–Trinajstić information content (AvgIpc) is 3.19. The SMILES string of the molecule is CN=C(NCC(C)(C)c1ccc(OC)c(OC)c1)N1CCC(COCCOC)C1.I. The van der Waals surface area contributed by atoms with E-state index >= 15 is 0 Å². The van der Waals surface area contributed by atoms with Gasteiger partial charge in [-0.1, -0.05) is 19.9 Å². The van der Waals surface area contributed by atoms with Gasteiger partial charge in [-0.25, -0.2) is 0 Å². The van der Waals surface area contributed by atoms with Crippen molar-refractivity contribution in [3.05, 3.63) is 23.8 Å². The number of nitrogens with zero attached hydrogens (tertiary/aromatic N) is 2. The van der Waals surface area contributed by atoms with Crippen LogP contribution in [-0.4, -0.2) is 78.7 Å². The van der Waals surface area contributed by atoms with Crippen LogP contribution in [0.25, 0.3) is 0 Å². The van der Waals surface area contributed by atoms with E-state index in [0.29, 0.717) is 19.1 Å². The van der Waals surface area contributed by atoms with Gasteiger partial charge in [0.05, 0.1) is 34.0 Å². The second kappa shape index (κ2) is 13.2. The van der Waals surface area contributed by atoms with Crippen molar-refractivity contribution in [2.24, 2.45) is 10.9 Å². The van der Waals surface area contributed by atoms with Crippen molar-refractivity contribution >= 4 is 29.9 Å². The third kappa shape index (κ3) is 7.46. The summed E-state index contributed by atoms with van der Waals surface area (Å²) in [5.41, 5.74) is 1.08. The zero-order valence-electron chi connectivity index (χ0n) is 19.2. The molecule has 1 unspecified atom stereocenters. The first kappa shape index (κ1) is 26.8. The molecule has 1 N–H and O–H groups in total. The van der Waals surface area contributed by atoms with E-state index < -0.39 is 0 Å². The van der Waals surface area contributed by atoms with Crippen molar-refractivity contribution in [1.82, 2.24) is 10.2 Å². The minimum absolute atomic E-state index is 0. The molecule has 1 aromatic rings. The number of hydrogen-bond donors (Lipinski definition) is 1. The van der Waals surface area contributed by atoms with Crippen LogP contribution in [0.2, 0.25) is 0 Å². The van der Waals surface area contributed by atoms with Gasteiger partial charge in [-0.15, -0.1) is 24.0 Å². The van der Waals surface area contributed by atoms with E-state index in [2.05, 4.69) is 35.1 Å². The number of rotatable bonds is 10. The van der Waals surface area contributed by atoms with Gasteiger partial charge >= 0.3 is 0 Å². The third-order valence-corrected chi connectivity index (χ3v) is 5.44. The molecule has 0 aliphatic carbocycles. The Morgan fingerprint density at radius 1 is 1.17 bits per heavy atom. The van der Waals surface area contributed by atoms with Crippen LogP contribution in [0.4, 0.5) is 0 Å². The molecular formula is C22H38IN3O4. The number of guanidine groups is 1. The van der Waals surface area contributed by atoms with Gasteiger partial charge in [-0.2, -0.15) is 0 Å². The van der Waals surface area contributed by atoms with Gasteiger partial charge in [0.15, 0.2) is 17.5 Å². The third-order valence-electron chi connectivity index (χ3n) is 5.44. The lowest BCUT2D eigenvalue weighted by Crippen LogP contribution is -2.45. The van der Waals surface area contributed by atoms with E-state index in [4.69, 9.17) is 18.9 Å². The fourth-order valence-electron chi connectivity index (χ4n) is 3.54. The number of methoxy groups -OCH3 is 3. The number of likely N-dealkylation sites (tertiary alicyclic amines) is 1. The Morgan fingerprint density at radius 3 is 2.53 bits per heavy atom. The maximum Gasteiger partial charge on any atom is 0.193 e. The predicted octanol–water partition coefficient (Wildman–Crippen LogP) is 3.16. The summed E-state index contributed by atoms with van der Waals surface area (Å²) < 4.78 is 21.5. The van der Waals surface area contributed by atoms with Crippen LogP contribution in [0, 0.1) is 5.92 Å². The Balaban J connectivity index is 0.00000450. The van der Waals surface area contributed by atoms with Crippen LogP contribution in [0.5, 0.6) is 11.5 Å². The Bertz CT molecular complexity index is 670. The molecule has 1 aliphatic rings. The lowest BCUT2D eigenvalue weighted by atomic mass is 9.84. The molecule has 1 saturated heterocycles. The van der Waals surface area contributed by atoms with Crippen LogP contribution in [0.3, 0.4) is 0 Å². The van der Waals surface area contributed by atoms with E-state index in [1.807, 2.05) is 19.2 Å². The molecule has 0 saturated carbocycles. The first-order valence-corrected chi connectivity index (χ1v) is 10.2. The maximum atomic E-state index is 5.70. The monoisotopic (exact) mass is 535 g/mol. The normalized spacial score (nSPS) is 16.9. The number of hydrogen-bond acceptors (Lipinski definition) is 5. The molecule has 1 atom stereocenters. The second-order valence-corrected chi connectivity index (χ2v) is 8.02. The minimum atomic E-state index is -0.0993. The number of aliphatic imine (C=N–C) groups is 1. The number of halogens is 1. The summed E-state index contributed by atoms with van der Waals surface area (Å²) in [7, 11) is 6.85. The topological polar surface area (TPSA) is 64.6 Å². The summed E-state index contributed by atoms with van der Waals surface area (Å²) in [4.78, 5) is 6.81. The molecule has 30 heavy (non-hydrogen) atoms. The molecule has 0 bridgehead atoms. The number of benzene rings is 1. The predicted molar refractivity (Wildman–Crippen MR) is 132 cm³/mol. The summed E-state index contributed by atoms with van der Waals surface area (Å²) in [6.45, 7) is 9.22. The Kier molecular flexibility index (Phi) is 11.8. The van der Waals surface area contributed by atoms with Gasteiger partial charge in [-0.05, 0) is 24.1 Å². The molecule has 1 aliphatic heterocycles. The van der Waals surface area contributed by atoms with E-state index in [-0.39, 0.29) is 29.4 Å². The van der Waals surface area contributed by atoms with Crippen LogP contribution in [0.1, 0.15) is 25.8 Å². The molecule has 2 rings (SSSR count). The van der Waals surface area contributed by atoms with Crippen molar-refractivity contribution < 1.29 is 18.9 Å². The highest BCUT2D eigenvalue weighted by Gasteiger charge is 2.27. The molecule has 1 fully saturated rings. The summed E-state index contributed by atoms with van der Waals surface area (Å²) >= 11 is 0. The largest absolute Gasteiger partial charge is 0.493 e. The van der Waals surface area contributed by atoms with Gasteiger partial charge in [0.2, 0.25) is 0 Å². The van der Waals surface area contributed by atoms with Gasteiger partial charge in [0.1, 0.15) is 0 Å². The van der Waals surface area contributed by atoms with Crippen LogP contribution in [-0.2, 0) is 14.9 Å². The van der Waals surface area contributed by atoms with Crippen molar-refractivity contribution in [2.45, 2.75) is 25.7 Å². The molecule has 1 heterocycles. The average molecular weight is 535 g/mol. The zero-order chi connectivity index (χ0) is 21.3. The van der Waals surface area contributed by atoms with Gasteiger partial charge in [0, 0.05) is 45.1 Å². The molecule has 8 heteroatoms. The fourth-order valence-corrected chi connectivity index (χ4v) is 3.54. The van der Waals surface area contributed by atoms with Crippen molar-refractivity contribution in [2.75, 3.05) is 67.8 Å². The smallest absolute Gasteiger partial charge is 0.193 e. The molecule has 172 valence electrons. The summed E-state index contributed by atoms with van der Waals surface area (Å²) in [6, 6.07) is 6.10. The molecule has 0 amide bonds. The van der Waals surface area contributed by atoms with Crippen LogP contribution in [0.15, 0.2) is 23.2 Å². The molecule has 0 radical (unpaired) electrons. The zero-order valence-corrected chi connectivity index (χ0v) is 21.5. The number of ether oxygens (including phenoxy) is 4. The Morgan fingerprint density at radius 2 is 1.90 bits per heavy atom. The highest BCUT2D eigenvalue weighted by molar-refractivity contribution is 14.0. The van der Waals surface area contributed by atoms with Gasteiger partial charge in [-0.3, -0.25) is 4.99 Å². The van der Waals surface area contributed by atoms with E-state index in [1.54, 1.807) is 21.3 Å². The Labute approximate surface area is 198 Å². The maximum absolute atomic E-state index is 5.70. The number of nitrogens with one attached hydrogen (secondary N) is 1. The quantitative estimate of drug-likeness (QED) is 0.215. The van der Waals surface area contributed by atoms with E-state index in [9.17, 15) is 0 Å². The highest BCUT2D eigenvalue weighted by atomic mass is 127. The second-order valence-electron chi connectivity index (χ2n) is 8.02. The Hall–Kier alpha value is -1.26. The van der Waals surface area contributed by atoms with Gasteiger partial charge in [0.25, 0.3) is 0 Å². The van der Waals surface area contributed by atoms with Crippen molar-refractivity contribution in [1.29, 1.82) is 0 Å². The summed E-state index contributed by atoms with van der Waals surface area (Å²) in [5, 5.41) is 3.56. The van der Waals surface area contributed by atoms with Crippen molar-refractivity contribution in [3.8, 4) is 11.5 Å². The fraction of sp³-hybridized carbons (Fsp3) is 0.682. The molecule has 0 aromatic heterocycles. The summed E-state index contributed by atoms with van der Waals surface area (Å²) in [6.07, 6.45) is 1.12. The standard InChI is InChI=1S/C22H37N3O4.HI/c1-22(2,18-7-8-19(27-5)20(13-18)28-6)16-24-21(23-3)25-10-9-17(14-25)15-29-12-11-26-4;/h7-8,13,17H,9-12,14-16H2,1-6H3,(H,23,24);1H. The van der Waals surface area contributed by atoms with E-state index in [1.165, 1.54) is 5.56 Å². The minimum Gasteiger partial charge on any atom is -0.493 e. The lowest BCUT2D eigenvalue weighted by molar-refractivity contribution is 0.0536. The van der Waals surface area contributed by atoms with Crippen LogP contribution >= 0.6 is 24.0 Å². The first-order chi connectivity index (χ1) is 13.9. The molecule has 7 nitrogen and oxygen atoms in total. The van der Waals surface area contributed by atoms with Crippen molar-refractivity contribution in [3.63, 3.8) is 0 Å². The first-order valence-electron chi connectivity index (χ1n) is 10.2. The molecule has 1 aromatic carbocycles. The summed E-state index contributed by atoms with van der Waals surface area (Å²) in [5.74, 6) is 2.96. The lowest BCUT2D eigenvalue weighted by Gasteiger charge is -2.29. The van der Waals surface area contributed by atoms with E-state index in [0.717, 1.165) is 50.1 Å². The van der Waals surface area contributed by atoms with Crippen LogP contribution < -0.4 is 14.8 Å².